The molecule has 0 bridgehead atoms. The molecule has 7 heteroatoms. The van der Waals surface area contributed by atoms with Crippen molar-refractivity contribution in [3.05, 3.63) is 52.2 Å². The van der Waals surface area contributed by atoms with Crippen molar-refractivity contribution in [2.75, 3.05) is 19.0 Å². The molecule has 2 amide bonds. The number of para-hydroxylation sites is 1. The number of anilines is 1. The molecule has 0 fully saturated rings. The van der Waals surface area contributed by atoms with Crippen LogP contribution in [0.15, 0.2) is 41.8 Å². The van der Waals surface area contributed by atoms with E-state index < -0.39 is 11.9 Å². The second-order valence-corrected chi connectivity index (χ2v) is 5.19. The van der Waals surface area contributed by atoms with Gasteiger partial charge in [-0.1, -0.05) is 18.2 Å². The van der Waals surface area contributed by atoms with E-state index in [2.05, 4.69) is 15.4 Å². The molecule has 0 aliphatic heterocycles. The molecule has 1 aromatic heterocycles. The van der Waals surface area contributed by atoms with E-state index in [0.717, 1.165) is 0 Å². The van der Waals surface area contributed by atoms with E-state index in [1.54, 1.807) is 41.8 Å². The van der Waals surface area contributed by atoms with Gasteiger partial charge in [-0.25, -0.2) is 4.79 Å². The third-order valence-electron chi connectivity index (χ3n) is 2.76. The minimum atomic E-state index is -0.543. The molecule has 0 radical (unpaired) electrons. The lowest BCUT2D eigenvalue weighted by Gasteiger charge is -2.10. The number of esters is 1. The molecule has 0 aliphatic rings. The fourth-order valence-electron chi connectivity index (χ4n) is 1.73. The highest BCUT2D eigenvalue weighted by molar-refractivity contribution is 7.12. The number of rotatable bonds is 5. The van der Waals surface area contributed by atoms with E-state index in [0.29, 0.717) is 10.6 Å². The largest absolute Gasteiger partial charge is 0.465 e. The Hall–Kier alpha value is -2.67. The Morgan fingerprint density at radius 2 is 1.91 bits per heavy atom. The van der Waals surface area contributed by atoms with Gasteiger partial charge in [-0.15, -0.1) is 11.3 Å². The summed E-state index contributed by atoms with van der Waals surface area (Å²) >= 11 is 1.29. The molecule has 2 aromatic rings. The molecule has 22 heavy (non-hydrogen) atoms. The highest BCUT2D eigenvalue weighted by Gasteiger charge is 2.14. The average Bonchev–Trinajstić information content (AvgIpc) is 3.07. The molecule has 2 rings (SSSR count). The third kappa shape index (κ3) is 3.92. The summed E-state index contributed by atoms with van der Waals surface area (Å²) in [6, 6.07) is 9.92. The lowest BCUT2D eigenvalue weighted by molar-refractivity contribution is -0.115. The second kappa shape index (κ2) is 7.37. The maximum absolute atomic E-state index is 11.9. The molecule has 2 N–H and O–H groups in total. The van der Waals surface area contributed by atoms with Gasteiger partial charge in [-0.2, -0.15) is 0 Å². The van der Waals surface area contributed by atoms with Gasteiger partial charge in [0, 0.05) is 0 Å². The summed E-state index contributed by atoms with van der Waals surface area (Å²) in [5.41, 5.74) is 0.590. The van der Waals surface area contributed by atoms with E-state index >= 15 is 0 Å². The summed E-state index contributed by atoms with van der Waals surface area (Å²) in [5.74, 6) is -1.29. The summed E-state index contributed by atoms with van der Waals surface area (Å²) in [4.78, 5) is 35.7. The standard InChI is InChI=1S/C15H14N2O4S/c1-21-15(20)10-5-2-3-6-11(10)17-13(18)9-16-14(19)12-7-4-8-22-12/h2-8H,9H2,1H3,(H,16,19)(H,17,18). The molecule has 0 spiro atoms. The predicted octanol–water partition coefficient (Wildman–Crippen LogP) is 1.90. The van der Waals surface area contributed by atoms with Gasteiger partial charge in [0.05, 0.1) is 29.8 Å². The van der Waals surface area contributed by atoms with Crippen LogP contribution in [0, 0.1) is 0 Å². The van der Waals surface area contributed by atoms with Crippen LogP contribution in [0.4, 0.5) is 5.69 Å². The maximum Gasteiger partial charge on any atom is 0.339 e. The number of carbonyl (C=O) groups excluding carboxylic acids is 3. The average molecular weight is 318 g/mol. The monoisotopic (exact) mass is 318 g/mol. The first-order valence-electron chi connectivity index (χ1n) is 6.40. The topological polar surface area (TPSA) is 84.5 Å². The minimum Gasteiger partial charge on any atom is -0.465 e. The molecule has 0 saturated heterocycles. The lowest BCUT2D eigenvalue weighted by Crippen LogP contribution is -2.32. The van der Waals surface area contributed by atoms with Crippen molar-refractivity contribution in [2.45, 2.75) is 0 Å². The first kappa shape index (κ1) is 15.7. The van der Waals surface area contributed by atoms with Crippen molar-refractivity contribution >= 4 is 34.8 Å². The first-order chi connectivity index (χ1) is 10.6. The Kier molecular flexibility index (Phi) is 5.26. The molecular weight excluding hydrogens is 304 g/mol. The number of methoxy groups -OCH3 is 1. The Balaban J connectivity index is 1.95. The molecule has 0 aliphatic carbocycles. The van der Waals surface area contributed by atoms with E-state index in [9.17, 15) is 14.4 Å². The molecule has 0 saturated carbocycles. The van der Waals surface area contributed by atoms with Gasteiger partial charge in [-0.3, -0.25) is 9.59 Å². The van der Waals surface area contributed by atoms with E-state index in [-0.39, 0.29) is 18.0 Å². The van der Waals surface area contributed by atoms with Gasteiger partial charge in [-0.05, 0) is 23.6 Å². The summed E-state index contributed by atoms with van der Waals surface area (Å²) in [6.07, 6.45) is 0. The maximum atomic E-state index is 11.9. The van der Waals surface area contributed by atoms with Gasteiger partial charge >= 0.3 is 5.97 Å². The number of amides is 2. The number of benzene rings is 1. The van der Waals surface area contributed by atoms with Crippen LogP contribution in [0.5, 0.6) is 0 Å². The zero-order valence-electron chi connectivity index (χ0n) is 11.8. The van der Waals surface area contributed by atoms with Gasteiger partial charge in [0.1, 0.15) is 0 Å². The highest BCUT2D eigenvalue weighted by atomic mass is 32.1. The van der Waals surface area contributed by atoms with E-state index in [1.807, 2.05) is 0 Å². The van der Waals surface area contributed by atoms with Gasteiger partial charge < -0.3 is 15.4 Å². The van der Waals surface area contributed by atoms with E-state index in [1.165, 1.54) is 18.4 Å². The molecule has 1 heterocycles. The van der Waals surface area contributed by atoms with Crippen LogP contribution in [-0.4, -0.2) is 31.4 Å². The smallest absolute Gasteiger partial charge is 0.339 e. The normalized spacial score (nSPS) is 9.86. The van der Waals surface area contributed by atoms with Gasteiger partial charge in [0.15, 0.2) is 0 Å². The van der Waals surface area contributed by atoms with Crippen LogP contribution in [0.3, 0.4) is 0 Å². The summed E-state index contributed by atoms with van der Waals surface area (Å²) < 4.78 is 4.65. The van der Waals surface area contributed by atoms with Gasteiger partial charge in [0.25, 0.3) is 5.91 Å². The minimum absolute atomic E-state index is 0.188. The fourth-order valence-corrected chi connectivity index (χ4v) is 2.37. The van der Waals surface area contributed by atoms with Crippen molar-refractivity contribution < 1.29 is 19.1 Å². The Bertz CT molecular complexity index is 683. The Labute approximate surface area is 131 Å². The highest BCUT2D eigenvalue weighted by Crippen LogP contribution is 2.15. The van der Waals surface area contributed by atoms with Crippen LogP contribution in [0.2, 0.25) is 0 Å². The number of thiophene rings is 1. The summed E-state index contributed by atoms with van der Waals surface area (Å²) in [6.45, 7) is -0.188. The molecule has 1 aromatic carbocycles. The van der Waals surface area contributed by atoms with Crippen molar-refractivity contribution in [1.82, 2.24) is 5.32 Å². The Morgan fingerprint density at radius 1 is 1.14 bits per heavy atom. The van der Waals surface area contributed by atoms with Crippen molar-refractivity contribution in [2.24, 2.45) is 0 Å². The van der Waals surface area contributed by atoms with E-state index in [4.69, 9.17) is 0 Å². The van der Waals surface area contributed by atoms with Gasteiger partial charge in [0.2, 0.25) is 5.91 Å². The molecule has 0 unspecified atom stereocenters. The molecule has 6 nitrogen and oxygen atoms in total. The van der Waals surface area contributed by atoms with Crippen molar-refractivity contribution in [3.63, 3.8) is 0 Å². The third-order valence-corrected chi connectivity index (χ3v) is 3.63. The van der Waals surface area contributed by atoms with Crippen LogP contribution in [0.25, 0.3) is 0 Å². The number of hydrogen-bond acceptors (Lipinski definition) is 5. The summed E-state index contributed by atoms with van der Waals surface area (Å²) in [7, 11) is 1.27. The zero-order valence-corrected chi connectivity index (χ0v) is 12.6. The second-order valence-electron chi connectivity index (χ2n) is 4.25. The van der Waals surface area contributed by atoms with Crippen molar-refractivity contribution in [3.8, 4) is 0 Å². The zero-order chi connectivity index (χ0) is 15.9. The SMILES string of the molecule is COC(=O)c1ccccc1NC(=O)CNC(=O)c1cccs1. The van der Waals surface area contributed by atoms with Crippen LogP contribution in [0.1, 0.15) is 20.0 Å². The predicted molar refractivity (Wildman–Crippen MR) is 83.1 cm³/mol. The molecular formula is C15H14N2O4S. The van der Waals surface area contributed by atoms with Crippen molar-refractivity contribution in [1.29, 1.82) is 0 Å². The Morgan fingerprint density at radius 3 is 2.59 bits per heavy atom. The molecule has 0 atom stereocenters. The summed E-state index contributed by atoms with van der Waals surface area (Å²) in [5, 5.41) is 6.87. The van der Waals surface area contributed by atoms with Crippen LogP contribution in [-0.2, 0) is 9.53 Å². The van der Waals surface area contributed by atoms with Crippen LogP contribution >= 0.6 is 11.3 Å². The first-order valence-corrected chi connectivity index (χ1v) is 7.28. The number of ether oxygens (including phenoxy) is 1. The number of nitrogens with one attached hydrogen (secondary N) is 2. The molecule has 114 valence electrons. The quantitative estimate of drug-likeness (QED) is 0.825. The number of carbonyl (C=O) groups is 3. The lowest BCUT2D eigenvalue weighted by atomic mass is 10.2. The fraction of sp³-hybridized carbons (Fsp3) is 0.133. The van der Waals surface area contributed by atoms with Crippen LogP contribution < -0.4 is 10.6 Å². The number of hydrogen-bond donors (Lipinski definition) is 2.